The lowest BCUT2D eigenvalue weighted by Gasteiger charge is -2.17. The smallest absolute Gasteiger partial charge is 0.420 e. The molecule has 0 fully saturated rings. The van der Waals surface area contributed by atoms with Crippen LogP contribution in [-0.4, -0.2) is 32.3 Å². The molecule has 3 N–H and O–H groups in total. The predicted octanol–water partition coefficient (Wildman–Crippen LogP) is 4.02. The van der Waals surface area contributed by atoms with Crippen molar-refractivity contribution in [1.82, 2.24) is 0 Å². The maximum Gasteiger partial charge on any atom is 0.420 e. The summed E-state index contributed by atoms with van der Waals surface area (Å²) in [6.07, 6.45) is -4.05. The molecule has 0 spiro atoms. The Morgan fingerprint density at radius 2 is 1.86 bits per heavy atom. The molecule has 0 saturated heterocycles. The first-order valence-electron chi connectivity index (χ1n) is 7.47. The number of ether oxygens (including phenoxy) is 1. The zero-order valence-electron chi connectivity index (χ0n) is 14.2. The zero-order chi connectivity index (χ0) is 21.1. The number of alkyl halides is 3. The van der Waals surface area contributed by atoms with E-state index in [1.807, 2.05) is 4.72 Å². The van der Waals surface area contributed by atoms with Crippen molar-refractivity contribution in [3.05, 3.63) is 47.0 Å². The lowest BCUT2D eigenvalue weighted by Crippen LogP contribution is -2.14. The lowest BCUT2D eigenvalue weighted by molar-refractivity contribution is -0.138. The van der Waals surface area contributed by atoms with Crippen molar-refractivity contribution in [2.24, 2.45) is 0 Å². The molecule has 28 heavy (non-hydrogen) atoms. The molecule has 0 amide bonds. The van der Waals surface area contributed by atoms with Crippen LogP contribution >= 0.6 is 11.6 Å². The van der Waals surface area contributed by atoms with E-state index >= 15 is 0 Å². The number of rotatable bonds is 7. The number of sulfonamides is 1. The summed E-state index contributed by atoms with van der Waals surface area (Å²) in [7, 11) is -3.78. The van der Waals surface area contributed by atoms with Crippen molar-refractivity contribution in [2.75, 3.05) is 22.8 Å². The van der Waals surface area contributed by atoms with Gasteiger partial charge in [-0.1, -0.05) is 11.6 Å². The predicted molar refractivity (Wildman–Crippen MR) is 97.6 cm³/mol. The fraction of sp³-hybridized carbons (Fsp3) is 0.188. The van der Waals surface area contributed by atoms with Gasteiger partial charge in [-0.25, -0.2) is 8.42 Å². The molecule has 152 valence electrons. The molecule has 0 aliphatic heterocycles. The van der Waals surface area contributed by atoms with Gasteiger partial charge in [0.2, 0.25) is 10.0 Å². The summed E-state index contributed by atoms with van der Waals surface area (Å²) in [5, 5.41) is 11.4. The molecule has 0 aliphatic carbocycles. The van der Waals surface area contributed by atoms with Crippen molar-refractivity contribution in [3.8, 4) is 11.5 Å². The zero-order valence-corrected chi connectivity index (χ0v) is 15.7. The van der Waals surface area contributed by atoms with Crippen LogP contribution in [0.25, 0.3) is 0 Å². The maximum atomic E-state index is 13.4. The first-order chi connectivity index (χ1) is 12.8. The molecule has 12 heteroatoms. The molecule has 0 atom stereocenters. The summed E-state index contributed by atoms with van der Waals surface area (Å²) in [6, 6.07) is 6.61. The first-order valence-corrected chi connectivity index (χ1v) is 9.74. The minimum Gasteiger partial charge on any atom is -0.480 e. The Balaban J connectivity index is 2.45. The van der Waals surface area contributed by atoms with Crippen molar-refractivity contribution in [3.63, 3.8) is 0 Å². The average Bonchev–Trinajstić information content (AvgIpc) is 2.53. The third kappa shape index (κ3) is 6.20. The molecule has 2 rings (SSSR count). The van der Waals surface area contributed by atoms with Crippen LogP contribution in [0.2, 0.25) is 5.02 Å². The highest BCUT2D eigenvalue weighted by molar-refractivity contribution is 7.92. The number of nitrogens with one attached hydrogen (secondary N) is 2. The van der Waals surface area contributed by atoms with E-state index in [2.05, 4.69) is 5.32 Å². The van der Waals surface area contributed by atoms with Gasteiger partial charge < -0.3 is 15.2 Å². The fourth-order valence-corrected chi connectivity index (χ4v) is 2.85. The number of aliphatic carboxylic acids is 1. The quantitative estimate of drug-likeness (QED) is 0.603. The SMILES string of the molecule is CS(=O)(=O)Nc1ccc(Oc2cc(Cl)ccc2NCC(=O)O)c(C(F)(F)F)c1. The normalized spacial score (nSPS) is 11.8. The fourth-order valence-electron chi connectivity index (χ4n) is 2.13. The van der Waals surface area contributed by atoms with Crippen molar-refractivity contribution in [2.45, 2.75) is 6.18 Å². The maximum absolute atomic E-state index is 13.4. The van der Waals surface area contributed by atoms with E-state index in [1.54, 1.807) is 0 Å². The molecule has 2 aromatic carbocycles. The van der Waals surface area contributed by atoms with Crippen molar-refractivity contribution in [1.29, 1.82) is 0 Å². The highest BCUT2D eigenvalue weighted by atomic mass is 35.5. The van der Waals surface area contributed by atoms with E-state index in [4.69, 9.17) is 21.4 Å². The molecular formula is C16H14ClF3N2O5S. The Morgan fingerprint density at radius 1 is 1.18 bits per heavy atom. The van der Waals surface area contributed by atoms with Crippen LogP contribution in [0, 0.1) is 0 Å². The van der Waals surface area contributed by atoms with Gasteiger partial charge in [0.05, 0.1) is 11.9 Å². The molecule has 0 saturated carbocycles. The topological polar surface area (TPSA) is 105 Å². The van der Waals surface area contributed by atoms with Gasteiger partial charge in [0.25, 0.3) is 0 Å². The van der Waals surface area contributed by atoms with Crippen molar-refractivity contribution < 1.29 is 36.2 Å². The second kappa shape index (κ2) is 8.15. The highest BCUT2D eigenvalue weighted by Crippen LogP contribution is 2.41. The third-order valence-electron chi connectivity index (χ3n) is 3.18. The van der Waals surface area contributed by atoms with Crippen LogP contribution in [0.15, 0.2) is 36.4 Å². The summed E-state index contributed by atoms with van der Waals surface area (Å²) < 4.78 is 70.1. The molecule has 0 radical (unpaired) electrons. The molecule has 2 aromatic rings. The van der Waals surface area contributed by atoms with Crippen LogP contribution in [0.3, 0.4) is 0 Å². The van der Waals surface area contributed by atoms with Gasteiger partial charge in [-0.2, -0.15) is 13.2 Å². The minimum absolute atomic E-state index is 0.110. The molecular weight excluding hydrogens is 425 g/mol. The second-order valence-corrected chi connectivity index (χ2v) is 7.76. The number of hydrogen-bond donors (Lipinski definition) is 3. The van der Waals surface area contributed by atoms with Crippen LogP contribution < -0.4 is 14.8 Å². The van der Waals surface area contributed by atoms with Crippen LogP contribution in [0.4, 0.5) is 24.5 Å². The van der Waals surface area contributed by atoms with Gasteiger partial charge >= 0.3 is 12.1 Å². The lowest BCUT2D eigenvalue weighted by atomic mass is 10.1. The van der Waals surface area contributed by atoms with Crippen LogP contribution in [0.5, 0.6) is 11.5 Å². The number of hydrogen-bond acceptors (Lipinski definition) is 5. The molecule has 0 heterocycles. The third-order valence-corrected chi connectivity index (χ3v) is 4.02. The summed E-state index contributed by atoms with van der Waals surface area (Å²) in [5.41, 5.74) is -1.42. The largest absolute Gasteiger partial charge is 0.480 e. The molecule has 7 nitrogen and oxygen atoms in total. The monoisotopic (exact) mass is 438 g/mol. The Bertz CT molecular complexity index is 996. The van der Waals surface area contributed by atoms with Gasteiger partial charge in [0.15, 0.2) is 5.75 Å². The number of carboxylic acids is 1. The Morgan fingerprint density at radius 3 is 2.43 bits per heavy atom. The van der Waals surface area contributed by atoms with Gasteiger partial charge in [-0.15, -0.1) is 0 Å². The van der Waals surface area contributed by atoms with E-state index in [9.17, 15) is 26.4 Å². The van der Waals surface area contributed by atoms with Crippen LogP contribution in [-0.2, 0) is 21.0 Å². The summed E-state index contributed by atoms with van der Waals surface area (Å²) in [4.78, 5) is 10.7. The number of halogens is 4. The van der Waals surface area contributed by atoms with Gasteiger partial charge in [0, 0.05) is 16.8 Å². The first kappa shape index (κ1) is 21.6. The Labute approximate surface area is 163 Å². The number of benzene rings is 2. The van der Waals surface area contributed by atoms with Gasteiger partial charge in [0.1, 0.15) is 17.9 Å². The molecule has 0 bridgehead atoms. The highest BCUT2D eigenvalue weighted by Gasteiger charge is 2.35. The van der Waals surface area contributed by atoms with Gasteiger partial charge in [-0.3, -0.25) is 9.52 Å². The van der Waals surface area contributed by atoms with E-state index in [0.29, 0.717) is 6.07 Å². The average molecular weight is 439 g/mol. The molecule has 0 aliphatic rings. The molecule has 0 aromatic heterocycles. The van der Waals surface area contributed by atoms with Crippen LogP contribution in [0.1, 0.15) is 5.56 Å². The van der Waals surface area contributed by atoms with E-state index < -0.39 is 40.0 Å². The van der Waals surface area contributed by atoms with Gasteiger partial charge in [-0.05, 0) is 30.3 Å². The number of carbonyl (C=O) groups is 1. The van der Waals surface area contributed by atoms with E-state index in [0.717, 1.165) is 18.4 Å². The number of anilines is 2. The van der Waals surface area contributed by atoms with E-state index in [-0.39, 0.29) is 22.1 Å². The summed E-state index contributed by atoms with van der Waals surface area (Å²) in [6.45, 7) is -0.499. The Kier molecular flexibility index (Phi) is 6.30. The Hall–Kier alpha value is -2.66. The summed E-state index contributed by atoms with van der Waals surface area (Å²) in [5.74, 6) is -1.94. The standard InChI is InChI=1S/C16H14ClF3N2O5S/c1-28(25,26)22-10-3-5-13(11(7-10)16(18,19)20)27-14-6-9(17)2-4-12(14)21-8-15(23)24/h2-7,21-22H,8H2,1H3,(H,23,24). The van der Waals surface area contributed by atoms with E-state index in [1.165, 1.54) is 18.2 Å². The number of carboxylic acid groups (broad SMARTS) is 1. The summed E-state index contributed by atoms with van der Waals surface area (Å²) >= 11 is 5.85. The minimum atomic E-state index is -4.85. The molecule has 0 unspecified atom stereocenters. The van der Waals surface area contributed by atoms with Crippen molar-refractivity contribution >= 4 is 39.0 Å². The second-order valence-electron chi connectivity index (χ2n) is 5.57.